The van der Waals surface area contributed by atoms with Crippen molar-refractivity contribution in [2.75, 3.05) is 0 Å². The first-order valence-electron chi connectivity index (χ1n) is 4.97. The van der Waals surface area contributed by atoms with E-state index in [1.807, 2.05) is 20.8 Å². The van der Waals surface area contributed by atoms with Crippen LogP contribution in [0.1, 0.15) is 26.6 Å². The Labute approximate surface area is 93.1 Å². The lowest BCUT2D eigenvalue weighted by Gasteiger charge is -2.11. The average Bonchev–Trinajstić information content (AvgIpc) is 2.58. The molecule has 0 saturated heterocycles. The first kappa shape index (κ1) is 11.0. The molecular weight excluding hydrogens is 207 g/mol. The molecule has 7 heteroatoms. The lowest BCUT2D eigenvalue weighted by atomic mass is 9.83. The summed E-state index contributed by atoms with van der Waals surface area (Å²) in [6, 6.07) is 0. The molecule has 0 spiro atoms. The van der Waals surface area contributed by atoms with Crippen molar-refractivity contribution in [3.8, 4) is 0 Å². The zero-order chi connectivity index (χ0) is 11.9. The average molecular weight is 220 g/mol. The van der Waals surface area contributed by atoms with Gasteiger partial charge in [0.1, 0.15) is 0 Å². The van der Waals surface area contributed by atoms with Gasteiger partial charge in [0.05, 0.1) is 0 Å². The summed E-state index contributed by atoms with van der Waals surface area (Å²) in [6.07, 6.45) is 2.89. The van der Waals surface area contributed by atoms with Gasteiger partial charge in [-0.25, -0.2) is 9.50 Å². The maximum Gasteiger partial charge on any atom is 0.491 e. The second-order valence-corrected chi connectivity index (χ2v) is 4.69. The number of rotatable bonds is 1. The van der Waals surface area contributed by atoms with Gasteiger partial charge >= 0.3 is 7.12 Å². The number of nitrogens with zero attached hydrogens (tertiary/aromatic N) is 4. The Bertz CT molecular complexity index is 518. The number of hydrogen-bond donors (Lipinski definition) is 2. The highest BCUT2D eigenvalue weighted by molar-refractivity contribution is 6.58. The van der Waals surface area contributed by atoms with Crippen LogP contribution in [0.2, 0.25) is 0 Å². The van der Waals surface area contributed by atoms with Crippen LogP contribution in [0.25, 0.3) is 5.78 Å². The van der Waals surface area contributed by atoms with Crippen LogP contribution in [0.4, 0.5) is 0 Å². The minimum absolute atomic E-state index is 0.161. The summed E-state index contributed by atoms with van der Waals surface area (Å²) in [5, 5.41) is 22.3. The molecule has 0 fully saturated rings. The van der Waals surface area contributed by atoms with E-state index >= 15 is 0 Å². The van der Waals surface area contributed by atoms with Crippen molar-refractivity contribution in [2.24, 2.45) is 0 Å². The van der Waals surface area contributed by atoms with Gasteiger partial charge in [0.15, 0.2) is 5.82 Å². The Morgan fingerprint density at radius 2 is 2.00 bits per heavy atom. The second-order valence-electron chi connectivity index (χ2n) is 4.69. The summed E-state index contributed by atoms with van der Waals surface area (Å²) in [7, 11) is -1.54. The SMILES string of the molecule is CC(C)(C)c1nc2ncc(B(O)O)cn2n1. The molecule has 2 N–H and O–H groups in total. The zero-order valence-corrected chi connectivity index (χ0v) is 9.42. The van der Waals surface area contributed by atoms with Crippen LogP contribution >= 0.6 is 0 Å². The van der Waals surface area contributed by atoms with E-state index in [4.69, 9.17) is 10.0 Å². The molecular formula is C9H13BN4O2. The quantitative estimate of drug-likeness (QED) is 0.608. The minimum Gasteiger partial charge on any atom is -0.423 e. The minimum atomic E-state index is -1.54. The van der Waals surface area contributed by atoms with Gasteiger partial charge in [0, 0.05) is 23.3 Å². The molecule has 16 heavy (non-hydrogen) atoms. The van der Waals surface area contributed by atoms with Crippen LogP contribution in [-0.4, -0.2) is 36.7 Å². The Morgan fingerprint density at radius 3 is 2.56 bits per heavy atom. The van der Waals surface area contributed by atoms with E-state index in [0.29, 0.717) is 11.6 Å². The highest BCUT2D eigenvalue weighted by Crippen LogP contribution is 2.17. The van der Waals surface area contributed by atoms with Gasteiger partial charge in [-0.05, 0) is 0 Å². The molecule has 0 aliphatic rings. The number of fused-ring (bicyclic) bond motifs is 1. The zero-order valence-electron chi connectivity index (χ0n) is 9.42. The van der Waals surface area contributed by atoms with E-state index in [9.17, 15) is 0 Å². The third-order valence-corrected chi connectivity index (χ3v) is 2.18. The van der Waals surface area contributed by atoms with E-state index < -0.39 is 7.12 Å². The maximum absolute atomic E-state index is 9.00. The Balaban J connectivity index is 2.54. The highest BCUT2D eigenvalue weighted by Gasteiger charge is 2.21. The van der Waals surface area contributed by atoms with Crippen molar-refractivity contribution in [2.45, 2.75) is 26.2 Å². The first-order valence-corrected chi connectivity index (χ1v) is 4.97. The Morgan fingerprint density at radius 1 is 1.31 bits per heavy atom. The molecule has 0 aromatic carbocycles. The van der Waals surface area contributed by atoms with Gasteiger partial charge in [0.2, 0.25) is 0 Å². The molecule has 2 aromatic rings. The fourth-order valence-corrected chi connectivity index (χ4v) is 1.25. The van der Waals surface area contributed by atoms with Crippen molar-refractivity contribution in [3.63, 3.8) is 0 Å². The summed E-state index contributed by atoms with van der Waals surface area (Å²) in [6.45, 7) is 6.01. The van der Waals surface area contributed by atoms with E-state index in [-0.39, 0.29) is 10.9 Å². The fourth-order valence-electron chi connectivity index (χ4n) is 1.25. The third kappa shape index (κ3) is 1.91. The van der Waals surface area contributed by atoms with Crippen molar-refractivity contribution < 1.29 is 10.0 Å². The smallest absolute Gasteiger partial charge is 0.423 e. The van der Waals surface area contributed by atoms with E-state index in [1.54, 1.807) is 0 Å². The Kier molecular flexibility index (Phi) is 2.44. The van der Waals surface area contributed by atoms with Gasteiger partial charge in [-0.3, -0.25) is 0 Å². The predicted molar refractivity (Wildman–Crippen MR) is 59.3 cm³/mol. The maximum atomic E-state index is 9.00. The summed E-state index contributed by atoms with van der Waals surface area (Å²) in [5.74, 6) is 1.12. The molecule has 0 aliphatic heterocycles. The van der Waals surface area contributed by atoms with Gasteiger partial charge in [-0.1, -0.05) is 20.8 Å². The normalized spacial score (nSPS) is 12.1. The molecule has 0 atom stereocenters. The van der Waals surface area contributed by atoms with Gasteiger partial charge < -0.3 is 10.0 Å². The number of hydrogen-bond acceptors (Lipinski definition) is 5. The van der Waals surface area contributed by atoms with E-state index in [0.717, 1.165) is 0 Å². The topological polar surface area (TPSA) is 83.5 Å². The standard InChI is InChI=1S/C9H13BN4O2/c1-9(2,3)7-12-8-11-4-6(10(15)16)5-14(8)13-7/h4-5,15-16H,1-3H3. The van der Waals surface area contributed by atoms with Crippen LogP contribution < -0.4 is 5.46 Å². The van der Waals surface area contributed by atoms with Gasteiger partial charge in [0.25, 0.3) is 5.78 Å². The van der Waals surface area contributed by atoms with Crippen molar-refractivity contribution in [1.29, 1.82) is 0 Å². The largest absolute Gasteiger partial charge is 0.491 e. The summed E-state index contributed by atoms with van der Waals surface area (Å²) in [5.41, 5.74) is 0.129. The fraction of sp³-hybridized carbons (Fsp3) is 0.444. The summed E-state index contributed by atoms with van der Waals surface area (Å²) in [4.78, 5) is 8.27. The van der Waals surface area contributed by atoms with Crippen LogP contribution in [0.5, 0.6) is 0 Å². The molecule has 0 saturated carbocycles. The van der Waals surface area contributed by atoms with E-state index in [1.165, 1.54) is 16.9 Å². The monoisotopic (exact) mass is 220 g/mol. The Hall–Kier alpha value is -1.47. The van der Waals surface area contributed by atoms with Crippen molar-refractivity contribution in [3.05, 3.63) is 18.2 Å². The lowest BCUT2D eigenvalue weighted by molar-refractivity contribution is 0.425. The molecule has 0 amide bonds. The highest BCUT2D eigenvalue weighted by atomic mass is 16.4. The van der Waals surface area contributed by atoms with Crippen LogP contribution in [-0.2, 0) is 5.41 Å². The molecule has 2 rings (SSSR count). The molecule has 2 heterocycles. The molecule has 84 valence electrons. The third-order valence-electron chi connectivity index (χ3n) is 2.18. The van der Waals surface area contributed by atoms with E-state index in [2.05, 4.69) is 15.1 Å². The summed E-state index contributed by atoms with van der Waals surface area (Å²) < 4.78 is 1.45. The van der Waals surface area contributed by atoms with Crippen molar-refractivity contribution >= 4 is 18.4 Å². The van der Waals surface area contributed by atoms with Crippen LogP contribution in [0.3, 0.4) is 0 Å². The molecule has 6 nitrogen and oxygen atoms in total. The van der Waals surface area contributed by atoms with Gasteiger partial charge in [-0.2, -0.15) is 4.98 Å². The molecule has 2 aromatic heterocycles. The van der Waals surface area contributed by atoms with Gasteiger partial charge in [-0.15, -0.1) is 5.10 Å². The molecule has 0 radical (unpaired) electrons. The van der Waals surface area contributed by atoms with Crippen LogP contribution in [0, 0.1) is 0 Å². The van der Waals surface area contributed by atoms with Crippen molar-refractivity contribution in [1.82, 2.24) is 19.6 Å². The molecule has 0 aliphatic carbocycles. The number of aromatic nitrogens is 4. The predicted octanol–water partition coefficient (Wildman–Crippen LogP) is -0.898. The lowest BCUT2D eigenvalue weighted by Crippen LogP contribution is -2.31. The molecule has 0 bridgehead atoms. The summed E-state index contributed by atoms with van der Waals surface area (Å²) >= 11 is 0. The first-order chi connectivity index (χ1) is 7.38. The van der Waals surface area contributed by atoms with Crippen LogP contribution in [0.15, 0.2) is 12.4 Å². The molecule has 0 unspecified atom stereocenters. The second kappa shape index (κ2) is 3.53.